The van der Waals surface area contributed by atoms with Crippen molar-refractivity contribution < 1.29 is 33.3 Å². The number of nitrogens with two attached hydrogens (primary N) is 1. The second-order valence-corrected chi connectivity index (χ2v) is 15.0. The summed E-state index contributed by atoms with van der Waals surface area (Å²) in [7, 11) is -1.13. The summed E-state index contributed by atoms with van der Waals surface area (Å²) in [6.07, 6.45) is 20.1. The molecule has 0 saturated carbocycles. The van der Waals surface area contributed by atoms with Crippen molar-refractivity contribution in [2.45, 2.75) is 140 Å². The molecule has 0 bridgehead atoms. The van der Waals surface area contributed by atoms with Crippen molar-refractivity contribution >= 4 is 19.9 Å². The van der Waals surface area contributed by atoms with E-state index in [2.05, 4.69) is 28.1 Å². The van der Waals surface area contributed by atoms with Crippen molar-refractivity contribution in [1.82, 2.24) is 19.6 Å². The van der Waals surface area contributed by atoms with E-state index in [9.17, 15) is 20.5 Å². The van der Waals surface area contributed by atoms with Gasteiger partial charge in [-0.25, -0.2) is 14.5 Å². The average molecular weight is 784 g/mol. The molecule has 3 rings (SSSR count). The number of hydrogen-bond donors (Lipinski definition) is 3. The van der Waals surface area contributed by atoms with Crippen molar-refractivity contribution in [3.63, 3.8) is 0 Å². The lowest BCUT2D eigenvalue weighted by molar-refractivity contribution is -0.0557. The number of aliphatic hydroxyl groups excluding tert-OH is 1. The fourth-order valence-corrected chi connectivity index (χ4v) is 6.93. The van der Waals surface area contributed by atoms with Gasteiger partial charge in [-0.15, -0.1) is 0 Å². The van der Waals surface area contributed by atoms with E-state index in [-0.39, 0.29) is 44.4 Å². The van der Waals surface area contributed by atoms with Crippen LogP contribution in [0, 0.1) is 22.7 Å². The number of methoxy groups -OCH3 is 1. The second-order valence-electron chi connectivity index (χ2n) is 14.0. The predicted molar refractivity (Wildman–Crippen MR) is 211 cm³/mol. The van der Waals surface area contributed by atoms with Crippen molar-refractivity contribution in [3.8, 4) is 12.1 Å². The molecule has 304 valence electrons. The lowest BCUT2D eigenvalue weighted by Gasteiger charge is -2.28. The van der Waals surface area contributed by atoms with Crippen molar-refractivity contribution in [2.75, 3.05) is 39.3 Å². The molecule has 0 aromatic carbocycles. The van der Waals surface area contributed by atoms with Crippen LogP contribution in [0.1, 0.15) is 139 Å². The summed E-state index contributed by atoms with van der Waals surface area (Å²) in [5.74, 6) is 0.248. The smallest absolute Gasteiger partial charge is 0.330 e. The second kappa shape index (κ2) is 27.3. The van der Waals surface area contributed by atoms with E-state index in [1.54, 1.807) is 30.3 Å². The lowest BCUT2D eigenvalue weighted by Crippen LogP contribution is -2.37. The van der Waals surface area contributed by atoms with Crippen molar-refractivity contribution in [3.05, 3.63) is 53.7 Å². The van der Waals surface area contributed by atoms with E-state index >= 15 is 0 Å². The highest BCUT2D eigenvalue weighted by atomic mass is 31.2. The average Bonchev–Trinajstić information content (AvgIpc) is 3.65. The summed E-state index contributed by atoms with van der Waals surface area (Å²) in [5, 5.41) is 34.4. The predicted octanol–water partition coefficient (Wildman–Crippen LogP) is 8.03. The number of nitrogen functional groups attached to an aromatic ring is 1. The molecule has 0 spiro atoms. The molecule has 4 N–H and O–H groups in total. The third kappa shape index (κ3) is 17.6. The van der Waals surface area contributed by atoms with Gasteiger partial charge < -0.3 is 39.0 Å². The number of anilines is 1. The molecule has 0 amide bonds. The van der Waals surface area contributed by atoms with E-state index in [4.69, 9.17) is 29.0 Å². The normalized spacial score (nSPS) is 14.3. The number of rotatable bonds is 32. The topological polar surface area (TPSA) is 203 Å². The Morgan fingerprint density at radius 3 is 2.16 bits per heavy atom. The first-order valence-electron chi connectivity index (χ1n) is 19.9. The van der Waals surface area contributed by atoms with Crippen LogP contribution in [0.3, 0.4) is 0 Å². The SMILES string of the molecule is CCCCCCCCCCCCCCCCCCOCC(COP(O)OCC(C#N)(CC(O)c1ccc2c(N)ncnn12)OC)OCc1cccc(C#N)n1. The molecule has 15 heteroatoms. The number of pyridine rings is 1. The third-order valence-electron chi connectivity index (χ3n) is 9.58. The van der Waals surface area contributed by atoms with E-state index in [0.29, 0.717) is 23.5 Å². The van der Waals surface area contributed by atoms with Crippen LogP contribution in [0.2, 0.25) is 0 Å². The Hall–Kier alpha value is -3.30. The first-order chi connectivity index (χ1) is 26.8. The minimum Gasteiger partial charge on any atom is -0.387 e. The molecular formula is C40H62N7O7P. The first kappa shape index (κ1) is 46.1. The van der Waals surface area contributed by atoms with Crippen LogP contribution in [0.15, 0.2) is 36.7 Å². The molecule has 3 aromatic heterocycles. The Kier molecular flexibility index (Phi) is 22.9. The maximum absolute atomic E-state index is 11.0. The summed E-state index contributed by atoms with van der Waals surface area (Å²) in [6.45, 7) is 2.71. The molecule has 0 aliphatic carbocycles. The van der Waals surface area contributed by atoms with Crippen LogP contribution in [0.5, 0.6) is 0 Å². The molecule has 3 aromatic rings. The highest BCUT2D eigenvalue weighted by molar-refractivity contribution is 7.40. The highest BCUT2D eigenvalue weighted by Gasteiger charge is 2.36. The van der Waals surface area contributed by atoms with Crippen molar-refractivity contribution in [2.24, 2.45) is 0 Å². The molecule has 4 unspecified atom stereocenters. The fourth-order valence-electron chi connectivity index (χ4n) is 6.25. The van der Waals surface area contributed by atoms with Gasteiger partial charge in [-0.1, -0.05) is 109 Å². The molecule has 55 heavy (non-hydrogen) atoms. The molecule has 4 atom stereocenters. The van der Waals surface area contributed by atoms with E-state index < -0.39 is 26.4 Å². The van der Waals surface area contributed by atoms with Crippen LogP contribution < -0.4 is 5.73 Å². The number of ether oxygens (including phenoxy) is 3. The molecule has 0 aliphatic heterocycles. The molecule has 14 nitrogen and oxygen atoms in total. The molecule has 0 fully saturated rings. The lowest BCUT2D eigenvalue weighted by atomic mass is 9.97. The number of aliphatic hydroxyl groups is 1. The maximum Gasteiger partial charge on any atom is 0.330 e. The summed E-state index contributed by atoms with van der Waals surface area (Å²) in [5.41, 5.74) is 6.06. The van der Waals surface area contributed by atoms with Gasteiger partial charge in [-0.2, -0.15) is 15.6 Å². The zero-order valence-corrected chi connectivity index (χ0v) is 33.7. The van der Waals surface area contributed by atoms with Crippen molar-refractivity contribution in [1.29, 1.82) is 10.5 Å². The van der Waals surface area contributed by atoms with Gasteiger partial charge in [0, 0.05) is 20.1 Å². The minimum atomic E-state index is -2.45. The number of nitriles is 2. The summed E-state index contributed by atoms with van der Waals surface area (Å²) in [4.78, 5) is 18.9. The van der Waals surface area contributed by atoms with Crippen LogP contribution in [-0.2, 0) is 29.9 Å². The Bertz CT molecular complexity index is 1570. The number of unbranched alkanes of at least 4 members (excludes halogenated alkanes) is 15. The van der Waals surface area contributed by atoms with Gasteiger partial charge in [-0.3, -0.25) is 0 Å². The largest absolute Gasteiger partial charge is 0.387 e. The van der Waals surface area contributed by atoms with E-state index in [1.807, 2.05) is 6.07 Å². The summed E-state index contributed by atoms with van der Waals surface area (Å²) in [6, 6.07) is 12.5. The van der Waals surface area contributed by atoms with Gasteiger partial charge in [-0.05, 0) is 30.7 Å². The van der Waals surface area contributed by atoms with Crippen LogP contribution >= 0.6 is 8.60 Å². The Morgan fingerprint density at radius 2 is 1.55 bits per heavy atom. The summed E-state index contributed by atoms with van der Waals surface area (Å²) < 4.78 is 30.1. The number of hydrogen-bond acceptors (Lipinski definition) is 13. The summed E-state index contributed by atoms with van der Waals surface area (Å²) >= 11 is 0. The number of aromatic nitrogens is 4. The maximum atomic E-state index is 11.0. The van der Waals surface area contributed by atoms with Gasteiger partial charge in [0.2, 0.25) is 0 Å². The Labute approximate surface area is 328 Å². The number of fused-ring (bicyclic) bond motifs is 1. The van der Waals surface area contributed by atoms with Gasteiger partial charge >= 0.3 is 8.60 Å². The highest BCUT2D eigenvalue weighted by Crippen LogP contribution is 2.37. The molecule has 0 aliphatic rings. The van der Waals surface area contributed by atoms with Crippen LogP contribution in [0.25, 0.3) is 5.52 Å². The van der Waals surface area contributed by atoms with Gasteiger partial charge in [0.05, 0.1) is 43.9 Å². The van der Waals surface area contributed by atoms with E-state index in [0.717, 1.165) is 12.8 Å². The zero-order chi connectivity index (χ0) is 39.6. The standard InChI is InChI=1S/C40H62N7O7P/c1-3-4-5-6-7-8-9-10-11-12-13-14-15-16-17-18-24-51-28-35(52-27-34-21-19-20-33(26-41)46-34)29-53-55(49)54-31-40(30-42,50-2)25-38(48)36-22-23-37-39(43)44-32-45-47(36)37/h19-23,32,35,38,48-49H,3-18,24-25,27-29,31H2,1-2H3,(H2,43,44,45). The van der Waals surface area contributed by atoms with Crippen LogP contribution in [0.4, 0.5) is 5.82 Å². The van der Waals surface area contributed by atoms with Gasteiger partial charge in [0.25, 0.3) is 0 Å². The van der Waals surface area contributed by atoms with Gasteiger partial charge in [0.1, 0.15) is 35.8 Å². The van der Waals surface area contributed by atoms with Gasteiger partial charge in [0.15, 0.2) is 11.4 Å². The molecule has 3 heterocycles. The first-order valence-corrected chi connectivity index (χ1v) is 21.0. The van der Waals surface area contributed by atoms with E-state index in [1.165, 1.54) is 108 Å². The number of nitrogens with zero attached hydrogens (tertiary/aromatic N) is 6. The molecule has 0 radical (unpaired) electrons. The fraction of sp³-hybridized carbons (Fsp3) is 0.675. The Morgan fingerprint density at radius 1 is 0.891 bits per heavy atom. The third-order valence-corrected chi connectivity index (χ3v) is 10.3. The monoisotopic (exact) mass is 783 g/mol. The van der Waals surface area contributed by atoms with Crippen LogP contribution in [-0.4, -0.2) is 74.8 Å². The molecule has 0 saturated heterocycles. The zero-order valence-electron chi connectivity index (χ0n) is 32.8. The quantitative estimate of drug-likeness (QED) is 0.0406. The Balaban J connectivity index is 1.37. The molecular weight excluding hydrogens is 721 g/mol. The minimum absolute atomic E-state index is 0.0640.